The molecule has 2 aromatic heterocycles. The second kappa shape index (κ2) is 4.31. The van der Waals surface area contributed by atoms with Gasteiger partial charge < -0.3 is 4.52 Å². The Bertz CT molecular complexity index is 604. The van der Waals surface area contributed by atoms with Gasteiger partial charge in [-0.25, -0.2) is 9.89 Å². The largest absolute Gasteiger partial charge is 0.361 e. The molecule has 96 valence electrons. The van der Waals surface area contributed by atoms with Gasteiger partial charge in [0.05, 0.1) is 5.69 Å². The summed E-state index contributed by atoms with van der Waals surface area (Å²) in [6.07, 6.45) is 2.14. The summed E-state index contributed by atoms with van der Waals surface area (Å²) in [6, 6.07) is 0.336. The highest BCUT2D eigenvalue weighted by Gasteiger charge is 2.28. The monoisotopic (exact) mass is 266 g/mol. The topological polar surface area (TPSA) is 76.7 Å². The van der Waals surface area contributed by atoms with Crippen molar-refractivity contribution >= 4 is 11.8 Å². The molecule has 1 aliphatic rings. The van der Waals surface area contributed by atoms with Gasteiger partial charge in [-0.15, -0.1) is 5.10 Å². The van der Waals surface area contributed by atoms with Crippen LogP contribution < -0.4 is 5.69 Å². The van der Waals surface area contributed by atoms with E-state index < -0.39 is 0 Å². The van der Waals surface area contributed by atoms with Gasteiger partial charge >= 0.3 is 5.69 Å². The van der Waals surface area contributed by atoms with Crippen molar-refractivity contribution in [2.75, 3.05) is 0 Å². The van der Waals surface area contributed by atoms with E-state index in [1.807, 2.05) is 13.8 Å². The molecule has 0 atom stereocenters. The number of aromatic nitrogens is 4. The van der Waals surface area contributed by atoms with Crippen LogP contribution in [0.1, 0.15) is 35.9 Å². The second-order valence-electron chi connectivity index (χ2n) is 4.50. The molecule has 7 heteroatoms. The first-order valence-electron chi connectivity index (χ1n) is 5.88. The molecule has 18 heavy (non-hydrogen) atoms. The fourth-order valence-corrected chi connectivity index (χ4v) is 3.06. The van der Waals surface area contributed by atoms with Crippen molar-refractivity contribution in [2.45, 2.75) is 43.6 Å². The third kappa shape index (κ3) is 1.98. The third-order valence-corrected chi connectivity index (χ3v) is 4.09. The van der Waals surface area contributed by atoms with Gasteiger partial charge in [-0.1, -0.05) is 16.9 Å². The van der Waals surface area contributed by atoms with E-state index >= 15 is 0 Å². The van der Waals surface area contributed by atoms with Gasteiger partial charge in [0.25, 0.3) is 0 Å². The summed E-state index contributed by atoms with van der Waals surface area (Å²) in [5.74, 6) is 1.55. The first-order valence-corrected chi connectivity index (χ1v) is 6.87. The van der Waals surface area contributed by atoms with E-state index in [0.717, 1.165) is 40.8 Å². The standard InChI is InChI=1S/C11H14N4O2S/c1-6-9(7(2)17-14-6)5-18-11-13-12-10(16)15(11)8-3-4-8/h8H,3-5H2,1-2H3,(H,12,16). The van der Waals surface area contributed by atoms with Crippen LogP contribution in [0.3, 0.4) is 0 Å². The smallest absolute Gasteiger partial charge is 0.344 e. The summed E-state index contributed by atoms with van der Waals surface area (Å²) in [7, 11) is 0. The number of hydrogen-bond donors (Lipinski definition) is 1. The quantitative estimate of drug-likeness (QED) is 0.854. The first-order chi connectivity index (χ1) is 8.66. The Hall–Kier alpha value is -1.50. The zero-order chi connectivity index (χ0) is 12.7. The molecular weight excluding hydrogens is 252 g/mol. The zero-order valence-electron chi connectivity index (χ0n) is 10.3. The number of hydrogen-bond acceptors (Lipinski definition) is 5. The summed E-state index contributed by atoms with van der Waals surface area (Å²) in [6.45, 7) is 3.82. The van der Waals surface area contributed by atoms with Crippen LogP contribution in [-0.4, -0.2) is 19.9 Å². The van der Waals surface area contributed by atoms with Crippen LogP contribution in [0.4, 0.5) is 0 Å². The average Bonchev–Trinajstić information content (AvgIpc) is 3.04. The Labute approximate surface area is 108 Å². The molecule has 2 heterocycles. The number of aromatic amines is 1. The van der Waals surface area contributed by atoms with Crippen LogP contribution in [0.2, 0.25) is 0 Å². The van der Waals surface area contributed by atoms with Crippen molar-refractivity contribution in [2.24, 2.45) is 0 Å². The fourth-order valence-electron chi connectivity index (χ4n) is 1.89. The van der Waals surface area contributed by atoms with E-state index in [2.05, 4.69) is 15.4 Å². The molecule has 0 unspecified atom stereocenters. The Balaban J connectivity index is 1.80. The molecule has 6 nitrogen and oxygen atoms in total. The minimum Gasteiger partial charge on any atom is -0.361 e. The van der Waals surface area contributed by atoms with Gasteiger partial charge in [0.1, 0.15) is 5.76 Å². The Morgan fingerprint density at radius 3 is 2.89 bits per heavy atom. The number of thioether (sulfide) groups is 1. The van der Waals surface area contributed by atoms with Gasteiger partial charge in [-0.05, 0) is 26.7 Å². The van der Waals surface area contributed by atoms with Gasteiger partial charge in [-0.3, -0.25) is 4.57 Å². The van der Waals surface area contributed by atoms with Gasteiger partial charge in [-0.2, -0.15) is 0 Å². The number of aryl methyl sites for hydroxylation is 2. The normalized spacial score (nSPS) is 15.2. The van der Waals surface area contributed by atoms with Crippen LogP contribution in [0.5, 0.6) is 0 Å². The molecule has 1 saturated carbocycles. The van der Waals surface area contributed by atoms with Crippen molar-refractivity contribution in [3.05, 3.63) is 27.5 Å². The highest BCUT2D eigenvalue weighted by molar-refractivity contribution is 7.98. The van der Waals surface area contributed by atoms with E-state index in [4.69, 9.17) is 4.52 Å². The van der Waals surface area contributed by atoms with Crippen LogP contribution in [0.15, 0.2) is 14.5 Å². The molecule has 1 N–H and O–H groups in total. The molecule has 0 aliphatic heterocycles. The van der Waals surface area contributed by atoms with Crippen molar-refractivity contribution < 1.29 is 4.52 Å². The maximum atomic E-state index is 11.6. The molecule has 1 fully saturated rings. The molecule has 2 aromatic rings. The van der Waals surface area contributed by atoms with Crippen LogP contribution in [-0.2, 0) is 5.75 Å². The Morgan fingerprint density at radius 1 is 1.50 bits per heavy atom. The molecule has 0 aromatic carbocycles. The molecule has 0 spiro atoms. The van der Waals surface area contributed by atoms with Crippen LogP contribution in [0, 0.1) is 13.8 Å². The second-order valence-corrected chi connectivity index (χ2v) is 5.45. The predicted octanol–water partition coefficient (Wildman–Crippen LogP) is 1.80. The zero-order valence-corrected chi connectivity index (χ0v) is 11.1. The summed E-state index contributed by atoms with van der Waals surface area (Å²) in [5, 5.41) is 11.3. The van der Waals surface area contributed by atoms with E-state index in [9.17, 15) is 4.79 Å². The lowest BCUT2D eigenvalue weighted by molar-refractivity contribution is 0.392. The number of nitrogens with one attached hydrogen (secondary N) is 1. The highest BCUT2D eigenvalue weighted by Crippen LogP contribution is 2.36. The van der Waals surface area contributed by atoms with Crippen LogP contribution in [0.25, 0.3) is 0 Å². The van der Waals surface area contributed by atoms with Gasteiger partial charge in [0.2, 0.25) is 0 Å². The maximum absolute atomic E-state index is 11.6. The van der Waals surface area contributed by atoms with E-state index in [1.165, 1.54) is 0 Å². The average molecular weight is 266 g/mol. The third-order valence-electron chi connectivity index (χ3n) is 3.11. The number of rotatable bonds is 4. The molecule has 0 saturated heterocycles. The Morgan fingerprint density at radius 2 is 2.28 bits per heavy atom. The minimum atomic E-state index is -0.112. The van der Waals surface area contributed by atoms with E-state index in [-0.39, 0.29) is 5.69 Å². The highest BCUT2D eigenvalue weighted by atomic mass is 32.2. The van der Waals surface area contributed by atoms with E-state index in [1.54, 1.807) is 16.3 Å². The molecule has 0 radical (unpaired) electrons. The van der Waals surface area contributed by atoms with Crippen molar-refractivity contribution in [3.8, 4) is 0 Å². The SMILES string of the molecule is Cc1noc(C)c1CSc1n[nH]c(=O)n1C1CC1. The molecule has 1 aliphatic carbocycles. The summed E-state index contributed by atoms with van der Waals surface area (Å²) in [5.41, 5.74) is 1.87. The molecule has 0 bridgehead atoms. The first kappa shape index (κ1) is 11.6. The van der Waals surface area contributed by atoms with Gasteiger partial charge in [0.15, 0.2) is 5.16 Å². The van der Waals surface area contributed by atoms with Gasteiger partial charge in [0, 0.05) is 17.4 Å². The minimum absolute atomic E-state index is 0.112. The number of nitrogens with zero attached hydrogens (tertiary/aromatic N) is 3. The molecule has 3 rings (SSSR count). The predicted molar refractivity (Wildman–Crippen MR) is 66.7 cm³/mol. The van der Waals surface area contributed by atoms with Crippen LogP contribution >= 0.6 is 11.8 Å². The molecular formula is C11H14N4O2S. The lowest BCUT2D eigenvalue weighted by Crippen LogP contribution is -2.16. The maximum Gasteiger partial charge on any atom is 0.344 e. The fraction of sp³-hybridized carbons (Fsp3) is 0.545. The lowest BCUT2D eigenvalue weighted by atomic mass is 10.2. The number of H-pyrrole nitrogens is 1. The lowest BCUT2D eigenvalue weighted by Gasteiger charge is -2.02. The Kier molecular flexibility index (Phi) is 2.77. The van der Waals surface area contributed by atoms with Crippen molar-refractivity contribution in [1.29, 1.82) is 0 Å². The van der Waals surface area contributed by atoms with E-state index in [0.29, 0.717) is 6.04 Å². The summed E-state index contributed by atoms with van der Waals surface area (Å²) >= 11 is 1.54. The molecule has 0 amide bonds. The van der Waals surface area contributed by atoms with Crippen molar-refractivity contribution in [3.63, 3.8) is 0 Å². The summed E-state index contributed by atoms with van der Waals surface area (Å²) < 4.78 is 6.87. The summed E-state index contributed by atoms with van der Waals surface area (Å²) in [4.78, 5) is 11.6. The van der Waals surface area contributed by atoms with Crippen molar-refractivity contribution in [1.82, 2.24) is 19.9 Å².